The molecule has 0 radical (unpaired) electrons. The van der Waals surface area contributed by atoms with Crippen LogP contribution in [0.1, 0.15) is 56.9 Å². The highest BCUT2D eigenvalue weighted by molar-refractivity contribution is 5.83. The first-order chi connectivity index (χ1) is 10.6. The first-order valence-electron chi connectivity index (χ1n) is 8.29. The highest BCUT2D eigenvalue weighted by Crippen LogP contribution is 2.28. The summed E-state index contributed by atoms with van der Waals surface area (Å²) in [5.74, 6) is -0.598. The van der Waals surface area contributed by atoms with Gasteiger partial charge in [0.15, 0.2) is 0 Å². The van der Waals surface area contributed by atoms with Crippen LogP contribution in [-0.2, 0) is 4.79 Å². The lowest BCUT2D eigenvalue weighted by atomic mass is 9.82. The number of aliphatic hydroxyl groups excluding tert-OH is 1. The van der Waals surface area contributed by atoms with Gasteiger partial charge in [-0.1, -0.05) is 37.5 Å². The van der Waals surface area contributed by atoms with Gasteiger partial charge in [-0.2, -0.15) is 0 Å². The molecule has 4 heteroatoms. The predicted molar refractivity (Wildman–Crippen MR) is 85.0 cm³/mol. The third kappa shape index (κ3) is 4.29. The van der Waals surface area contributed by atoms with Crippen molar-refractivity contribution in [3.8, 4) is 0 Å². The second kappa shape index (κ2) is 8.28. The van der Waals surface area contributed by atoms with E-state index in [-0.39, 0.29) is 24.4 Å². The normalized spacial score (nSPS) is 18.7. The number of carbonyl (C=O) groups is 1. The minimum Gasteiger partial charge on any atom is -0.396 e. The summed E-state index contributed by atoms with van der Waals surface area (Å²) in [6.45, 7) is 1.79. The van der Waals surface area contributed by atoms with Crippen LogP contribution >= 0.6 is 0 Å². The predicted octanol–water partition coefficient (Wildman–Crippen LogP) is 3.38. The molecular formula is C18H26FNO2. The molecule has 122 valence electrons. The maximum absolute atomic E-state index is 13.8. The molecule has 2 N–H and O–H groups in total. The number of rotatable bonds is 6. The molecule has 1 saturated carbocycles. The fraction of sp³-hybridized carbons (Fsp3) is 0.611. The van der Waals surface area contributed by atoms with E-state index in [0.717, 1.165) is 12.8 Å². The zero-order valence-corrected chi connectivity index (χ0v) is 13.2. The molecule has 1 aromatic carbocycles. The van der Waals surface area contributed by atoms with E-state index in [1.54, 1.807) is 25.1 Å². The highest BCUT2D eigenvalue weighted by Gasteiger charge is 2.27. The van der Waals surface area contributed by atoms with E-state index in [1.807, 2.05) is 0 Å². The molecule has 0 saturated heterocycles. The van der Waals surface area contributed by atoms with Gasteiger partial charge < -0.3 is 10.4 Å². The van der Waals surface area contributed by atoms with Gasteiger partial charge in [-0.15, -0.1) is 0 Å². The van der Waals surface area contributed by atoms with E-state index in [4.69, 9.17) is 0 Å². The zero-order valence-electron chi connectivity index (χ0n) is 13.2. The summed E-state index contributed by atoms with van der Waals surface area (Å²) < 4.78 is 13.8. The Labute approximate surface area is 131 Å². The third-order valence-corrected chi connectivity index (χ3v) is 4.75. The number of hydrogen-bond donors (Lipinski definition) is 2. The number of benzene rings is 1. The quantitative estimate of drug-likeness (QED) is 0.846. The van der Waals surface area contributed by atoms with Crippen molar-refractivity contribution in [2.24, 2.45) is 5.92 Å². The summed E-state index contributed by atoms with van der Waals surface area (Å²) in [6, 6.07) is 6.40. The molecule has 2 atom stereocenters. The van der Waals surface area contributed by atoms with Gasteiger partial charge in [-0.05, 0) is 43.7 Å². The fourth-order valence-electron chi connectivity index (χ4n) is 3.38. The minimum atomic E-state index is -0.522. The number of nitrogens with one attached hydrogen (secondary N) is 1. The maximum Gasteiger partial charge on any atom is 0.227 e. The monoisotopic (exact) mass is 307 g/mol. The van der Waals surface area contributed by atoms with Crippen LogP contribution in [0.15, 0.2) is 24.3 Å². The summed E-state index contributed by atoms with van der Waals surface area (Å²) in [5, 5.41) is 12.3. The molecule has 0 aromatic heterocycles. The van der Waals surface area contributed by atoms with Gasteiger partial charge in [-0.3, -0.25) is 4.79 Å². The SMILES string of the molecule is CC(C(=O)NC(CCO)C1CCCCC1)c1ccccc1F. The number of carbonyl (C=O) groups excluding carboxylic acids is 1. The Kier molecular flexibility index (Phi) is 6.37. The number of halogens is 1. The van der Waals surface area contributed by atoms with Crippen LogP contribution in [0, 0.1) is 11.7 Å². The van der Waals surface area contributed by atoms with Crippen molar-refractivity contribution < 1.29 is 14.3 Å². The van der Waals surface area contributed by atoms with Crippen LogP contribution in [0.3, 0.4) is 0 Å². The lowest BCUT2D eigenvalue weighted by Gasteiger charge is -2.31. The van der Waals surface area contributed by atoms with Gasteiger partial charge in [0.05, 0.1) is 5.92 Å². The molecule has 1 aliphatic carbocycles. The van der Waals surface area contributed by atoms with E-state index in [1.165, 1.54) is 25.3 Å². The maximum atomic E-state index is 13.8. The summed E-state index contributed by atoms with van der Waals surface area (Å²) in [4.78, 5) is 12.5. The first-order valence-corrected chi connectivity index (χ1v) is 8.29. The van der Waals surface area contributed by atoms with Crippen LogP contribution in [-0.4, -0.2) is 23.7 Å². The molecule has 0 spiro atoms. The molecule has 1 aliphatic rings. The Morgan fingerprint density at radius 2 is 2.00 bits per heavy atom. The lowest BCUT2D eigenvalue weighted by molar-refractivity contribution is -0.123. The Bertz CT molecular complexity index is 486. The molecule has 1 fully saturated rings. The van der Waals surface area contributed by atoms with E-state index in [0.29, 0.717) is 17.9 Å². The number of amides is 1. The lowest BCUT2D eigenvalue weighted by Crippen LogP contribution is -2.43. The van der Waals surface area contributed by atoms with Crippen molar-refractivity contribution in [3.63, 3.8) is 0 Å². The average Bonchev–Trinajstić information content (AvgIpc) is 2.55. The zero-order chi connectivity index (χ0) is 15.9. The summed E-state index contributed by atoms with van der Waals surface area (Å²) in [7, 11) is 0. The molecule has 2 unspecified atom stereocenters. The van der Waals surface area contributed by atoms with Crippen molar-refractivity contribution in [2.45, 2.75) is 57.4 Å². The van der Waals surface area contributed by atoms with Gasteiger partial charge in [0.1, 0.15) is 5.82 Å². The molecule has 1 aromatic rings. The smallest absolute Gasteiger partial charge is 0.227 e. The van der Waals surface area contributed by atoms with Crippen molar-refractivity contribution in [1.82, 2.24) is 5.32 Å². The number of hydrogen-bond acceptors (Lipinski definition) is 2. The van der Waals surface area contributed by atoms with E-state index in [2.05, 4.69) is 5.32 Å². The second-order valence-corrected chi connectivity index (χ2v) is 6.27. The van der Waals surface area contributed by atoms with Crippen LogP contribution in [0.25, 0.3) is 0 Å². The molecule has 1 amide bonds. The standard InChI is InChI=1S/C18H26FNO2/c1-13(15-9-5-6-10-16(15)19)18(22)20-17(11-12-21)14-7-3-2-4-8-14/h5-6,9-10,13-14,17,21H,2-4,7-8,11-12H2,1H3,(H,20,22). The third-order valence-electron chi connectivity index (χ3n) is 4.75. The summed E-state index contributed by atoms with van der Waals surface area (Å²) in [6.07, 6.45) is 6.39. The van der Waals surface area contributed by atoms with E-state index in [9.17, 15) is 14.3 Å². The number of aliphatic hydroxyl groups is 1. The summed E-state index contributed by atoms with van der Waals surface area (Å²) in [5.41, 5.74) is 0.423. The molecule has 3 nitrogen and oxygen atoms in total. The molecular weight excluding hydrogens is 281 g/mol. The van der Waals surface area contributed by atoms with Crippen LogP contribution in [0.5, 0.6) is 0 Å². The summed E-state index contributed by atoms with van der Waals surface area (Å²) >= 11 is 0. The van der Waals surface area contributed by atoms with Crippen LogP contribution in [0.4, 0.5) is 4.39 Å². The Morgan fingerprint density at radius 3 is 2.64 bits per heavy atom. The van der Waals surface area contributed by atoms with Crippen molar-refractivity contribution in [3.05, 3.63) is 35.6 Å². The van der Waals surface area contributed by atoms with Gasteiger partial charge in [0, 0.05) is 12.6 Å². The largest absolute Gasteiger partial charge is 0.396 e. The Morgan fingerprint density at radius 1 is 1.32 bits per heavy atom. The van der Waals surface area contributed by atoms with Crippen molar-refractivity contribution in [2.75, 3.05) is 6.61 Å². The molecule has 0 bridgehead atoms. The van der Waals surface area contributed by atoms with Crippen molar-refractivity contribution in [1.29, 1.82) is 0 Å². The molecule has 0 aliphatic heterocycles. The van der Waals surface area contributed by atoms with Gasteiger partial charge in [-0.25, -0.2) is 4.39 Å². The second-order valence-electron chi connectivity index (χ2n) is 6.27. The Hall–Kier alpha value is -1.42. The highest BCUT2D eigenvalue weighted by atomic mass is 19.1. The average molecular weight is 307 g/mol. The topological polar surface area (TPSA) is 49.3 Å². The van der Waals surface area contributed by atoms with Gasteiger partial charge in [0.2, 0.25) is 5.91 Å². The minimum absolute atomic E-state index is 0.00739. The van der Waals surface area contributed by atoms with E-state index < -0.39 is 5.92 Å². The van der Waals surface area contributed by atoms with Crippen LogP contribution in [0.2, 0.25) is 0 Å². The van der Waals surface area contributed by atoms with Crippen molar-refractivity contribution >= 4 is 5.91 Å². The molecule has 2 rings (SSSR count). The first kappa shape index (κ1) is 16.9. The fourth-order valence-corrected chi connectivity index (χ4v) is 3.38. The Balaban J connectivity index is 2.02. The van der Waals surface area contributed by atoms with Gasteiger partial charge >= 0.3 is 0 Å². The van der Waals surface area contributed by atoms with Crippen LogP contribution < -0.4 is 5.32 Å². The van der Waals surface area contributed by atoms with E-state index >= 15 is 0 Å². The molecule has 0 heterocycles. The van der Waals surface area contributed by atoms with Gasteiger partial charge in [0.25, 0.3) is 0 Å². The molecule has 22 heavy (non-hydrogen) atoms.